The molecule has 1 heterocycles. The summed E-state index contributed by atoms with van der Waals surface area (Å²) in [6, 6.07) is 7.92. The van der Waals surface area contributed by atoms with Crippen LogP contribution in [-0.4, -0.2) is 36.5 Å². The molecular formula is C18H28N2O2. The molecule has 4 nitrogen and oxygen atoms in total. The summed E-state index contributed by atoms with van der Waals surface area (Å²) in [6.07, 6.45) is 2.08. The van der Waals surface area contributed by atoms with Crippen molar-refractivity contribution in [2.75, 3.05) is 19.7 Å². The lowest BCUT2D eigenvalue weighted by Crippen LogP contribution is -2.44. The van der Waals surface area contributed by atoms with Crippen LogP contribution in [0.1, 0.15) is 39.2 Å². The van der Waals surface area contributed by atoms with Gasteiger partial charge in [0.25, 0.3) is 0 Å². The second kappa shape index (κ2) is 8.18. The quantitative estimate of drug-likeness (QED) is 0.842. The van der Waals surface area contributed by atoms with Gasteiger partial charge in [-0.25, -0.2) is 0 Å². The third-order valence-electron chi connectivity index (χ3n) is 3.99. The summed E-state index contributed by atoms with van der Waals surface area (Å²) < 4.78 is 5.61. The lowest BCUT2D eigenvalue weighted by molar-refractivity contribution is -0.125. The van der Waals surface area contributed by atoms with Crippen molar-refractivity contribution in [2.45, 2.75) is 46.2 Å². The predicted octanol–water partition coefficient (Wildman–Crippen LogP) is 2.82. The second-order valence-electron chi connectivity index (χ2n) is 6.31. The minimum absolute atomic E-state index is 0.0293. The largest absolute Gasteiger partial charge is 0.494 e. The van der Waals surface area contributed by atoms with Gasteiger partial charge in [-0.05, 0) is 38.3 Å². The highest BCUT2D eigenvalue weighted by molar-refractivity contribution is 5.82. The van der Waals surface area contributed by atoms with Crippen LogP contribution in [-0.2, 0) is 11.3 Å². The van der Waals surface area contributed by atoms with E-state index in [9.17, 15) is 4.79 Å². The minimum atomic E-state index is 0.0293. The molecule has 1 aliphatic heterocycles. The van der Waals surface area contributed by atoms with Gasteiger partial charge in [0.1, 0.15) is 5.75 Å². The fraction of sp³-hybridized carbons (Fsp3) is 0.611. The molecule has 1 aromatic rings. The van der Waals surface area contributed by atoms with Crippen LogP contribution in [0.5, 0.6) is 5.75 Å². The summed E-state index contributed by atoms with van der Waals surface area (Å²) >= 11 is 0. The summed E-state index contributed by atoms with van der Waals surface area (Å²) in [6.45, 7) is 9.56. The maximum atomic E-state index is 12.5. The van der Waals surface area contributed by atoms with E-state index < -0.39 is 0 Å². The number of nitrogens with zero attached hydrogens (tertiary/aromatic N) is 1. The van der Waals surface area contributed by atoms with E-state index in [1.807, 2.05) is 31.2 Å². The van der Waals surface area contributed by atoms with E-state index >= 15 is 0 Å². The van der Waals surface area contributed by atoms with Crippen LogP contribution in [0.25, 0.3) is 0 Å². The number of hydrogen-bond donors (Lipinski definition) is 1. The molecular weight excluding hydrogens is 276 g/mol. The smallest absolute Gasteiger partial charge is 0.237 e. The highest BCUT2D eigenvalue weighted by Crippen LogP contribution is 2.20. The van der Waals surface area contributed by atoms with E-state index in [4.69, 9.17) is 4.74 Å². The van der Waals surface area contributed by atoms with Gasteiger partial charge >= 0.3 is 0 Å². The highest BCUT2D eigenvalue weighted by atomic mass is 16.5. The van der Waals surface area contributed by atoms with E-state index in [1.165, 1.54) is 0 Å². The lowest BCUT2D eigenvalue weighted by atomic mass is 10.1. The topological polar surface area (TPSA) is 41.6 Å². The summed E-state index contributed by atoms with van der Waals surface area (Å²) in [5.41, 5.74) is 1.03. The normalized spacial score (nSPS) is 18.6. The molecule has 0 saturated carbocycles. The van der Waals surface area contributed by atoms with Crippen LogP contribution in [0.3, 0.4) is 0 Å². The molecule has 4 heteroatoms. The van der Waals surface area contributed by atoms with Gasteiger partial charge in [-0.2, -0.15) is 0 Å². The Hall–Kier alpha value is -1.55. The molecule has 1 aromatic carbocycles. The number of nitrogens with one attached hydrogen (secondary N) is 1. The number of likely N-dealkylation sites (tertiary alicyclic amines) is 1. The molecule has 1 saturated heterocycles. The monoisotopic (exact) mass is 304 g/mol. The van der Waals surface area contributed by atoms with Crippen LogP contribution in [0.4, 0.5) is 0 Å². The van der Waals surface area contributed by atoms with Gasteiger partial charge in [0, 0.05) is 18.7 Å². The summed E-state index contributed by atoms with van der Waals surface area (Å²) in [4.78, 5) is 14.8. The molecule has 1 atom stereocenters. The fourth-order valence-corrected chi connectivity index (χ4v) is 3.06. The Labute approximate surface area is 133 Å². The summed E-state index contributed by atoms with van der Waals surface area (Å²) in [7, 11) is 0. The maximum Gasteiger partial charge on any atom is 0.237 e. The Kier molecular flexibility index (Phi) is 6.25. The minimum Gasteiger partial charge on any atom is -0.494 e. The van der Waals surface area contributed by atoms with E-state index in [0.717, 1.165) is 37.2 Å². The van der Waals surface area contributed by atoms with Gasteiger partial charge in [0.05, 0.1) is 12.6 Å². The number of ether oxygens (including phenoxy) is 1. The molecule has 0 aliphatic carbocycles. The Morgan fingerprint density at radius 3 is 2.91 bits per heavy atom. The van der Waals surface area contributed by atoms with Gasteiger partial charge in [-0.15, -0.1) is 0 Å². The zero-order valence-corrected chi connectivity index (χ0v) is 14.0. The van der Waals surface area contributed by atoms with E-state index in [0.29, 0.717) is 19.1 Å². The van der Waals surface area contributed by atoms with Crippen molar-refractivity contribution in [3.8, 4) is 5.75 Å². The molecule has 2 rings (SSSR count). The molecule has 1 N–H and O–H groups in total. The van der Waals surface area contributed by atoms with Crippen molar-refractivity contribution in [3.05, 3.63) is 29.8 Å². The number of benzene rings is 1. The van der Waals surface area contributed by atoms with Crippen molar-refractivity contribution < 1.29 is 9.53 Å². The molecule has 122 valence electrons. The highest BCUT2D eigenvalue weighted by Gasteiger charge is 2.30. The van der Waals surface area contributed by atoms with Gasteiger partial charge in [0.2, 0.25) is 5.91 Å². The Bertz CT molecular complexity index is 488. The van der Waals surface area contributed by atoms with Gasteiger partial charge in [0.15, 0.2) is 0 Å². The molecule has 1 aliphatic rings. The van der Waals surface area contributed by atoms with Crippen molar-refractivity contribution in [3.63, 3.8) is 0 Å². The van der Waals surface area contributed by atoms with Gasteiger partial charge in [-0.1, -0.05) is 32.0 Å². The number of rotatable bonds is 7. The first kappa shape index (κ1) is 16.8. The Morgan fingerprint density at radius 2 is 2.18 bits per heavy atom. The summed E-state index contributed by atoms with van der Waals surface area (Å²) in [5.74, 6) is 1.59. The first-order valence-corrected chi connectivity index (χ1v) is 8.34. The van der Waals surface area contributed by atoms with Gasteiger partial charge in [-0.3, -0.25) is 9.69 Å². The van der Waals surface area contributed by atoms with Crippen LogP contribution in [0.2, 0.25) is 0 Å². The molecule has 22 heavy (non-hydrogen) atoms. The zero-order chi connectivity index (χ0) is 15.9. The molecule has 0 radical (unpaired) electrons. The third kappa shape index (κ3) is 4.47. The average molecular weight is 304 g/mol. The number of carbonyl (C=O) groups excluding carboxylic acids is 1. The van der Waals surface area contributed by atoms with Crippen molar-refractivity contribution in [1.82, 2.24) is 10.2 Å². The standard InChI is InChI=1S/C18H28N2O2/c1-4-22-17-10-6-5-8-15(17)12-19-18(21)16-9-7-11-20(16)13-14(2)3/h5-6,8,10,14,16H,4,7,9,11-13H2,1-3H3,(H,19,21)/t16-/m1/s1. The van der Waals surface area contributed by atoms with E-state index in [2.05, 4.69) is 24.1 Å². The fourth-order valence-electron chi connectivity index (χ4n) is 3.06. The lowest BCUT2D eigenvalue weighted by Gasteiger charge is -2.25. The number of para-hydroxylation sites is 1. The van der Waals surface area contributed by atoms with Crippen molar-refractivity contribution in [1.29, 1.82) is 0 Å². The molecule has 0 spiro atoms. The molecule has 0 unspecified atom stereocenters. The Balaban J connectivity index is 1.92. The third-order valence-corrected chi connectivity index (χ3v) is 3.99. The van der Waals surface area contributed by atoms with Crippen molar-refractivity contribution in [2.24, 2.45) is 5.92 Å². The maximum absolute atomic E-state index is 12.5. The molecule has 0 bridgehead atoms. The number of hydrogen-bond acceptors (Lipinski definition) is 3. The Morgan fingerprint density at radius 1 is 1.41 bits per heavy atom. The van der Waals surface area contributed by atoms with Gasteiger partial charge < -0.3 is 10.1 Å². The first-order valence-electron chi connectivity index (χ1n) is 8.34. The number of carbonyl (C=O) groups is 1. The predicted molar refractivity (Wildman–Crippen MR) is 88.9 cm³/mol. The van der Waals surface area contributed by atoms with Crippen LogP contribution in [0, 0.1) is 5.92 Å². The van der Waals surface area contributed by atoms with E-state index in [1.54, 1.807) is 0 Å². The first-order chi connectivity index (χ1) is 10.6. The average Bonchev–Trinajstić information content (AvgIpc) is 2.94. The van der Waals surface area contributed by atoms with Crippen LogP contribution in [0.15, 0.2) is 24.3 Å². The van der Waals surface area contributed by atoms with Crippen LogP contribution >= 0.6 is 0 Å². The van der Waals surface area contributed by atoms with Crippen molar-refractivity contribution >= 4 is 5.91 Å². The molecule has 1 fully saturated rings. The second-order valence-corrected chi connectivity index (χ2v) is 6.31. The molecule has 1 amide bonds. The zero-order valence-electron chi connectivity index (χ0n) is 14.0. The number of amides is 1. The SMILES string of the molecule is CCOc1ccccc1CNC(=O)[C@H]1CCCN1CC(C)C. The summed E-state index contributed by atoms with van der Waals surface area (Å²) in [5, 5.41) is 3.08. The molecule has 0 aromatic heterocycles. The van der Waals surface area contributed by atoms with Crippen LogP contribution < -0.4 is 10.1 Å². The van der Waals surface area contributed by atoms with E-state index in [-0.39, 0.29) is 11.9 Å².